The van der Waals surface area contributed by atoms with Crippen LogP contribution in [0.5, 0.6) is 5.75 Å². The lowest BCUT2D eigenvalue weighted by molar-refractivity contribution is -0.0481. The summed E-state index contributed by atoms with van der Waals surface area (Å²) in [5.41, 5.74) is 10.9. The lowest BCUT2D eigenvalue weighted by Crippen LogP contribution is -2.09. The fourth-order valence-electron chi connectivity index (χ4n) is 7.50. The molecule has 6 aromatic rings. The first-order valence-corrected chi connectivity index (χ1v) is 19.0. The van der Waals surface area contributed by atoms with E-state index in [1.54, 1.807) is 11.8 Å². The van der Waals surface area contributed by atoms with Crippen LogP contribution in [0, 0.1) is 0 Å². The molecule has 1 aliphatic heterocycles. The van der Waals surface area contributed by atoms with Gasteiger partial charge in [0.15, 0.2) is 6.29 Å². The van der Waals surface area contributed by atoms with E-state index in [4.69, 9.17) is 26.5 Å². The molecule has 8 nitrogen and oxygen atoms in total. The Labute approximate surface area is 293 Å². The predicted molar refractivity (Wildman–Crippen MR) is 194 cm³/mol. The lowest BCUT2D eigenvalue weighted by Gasteiger charge is -2.21. The van der Waals surface area contributed by atoms with Gasteiger partial charge in [-0.05, 0) is 91.6 Å². The van der Waals surface area contributed by atoms with Gasteiger partial charge in [-0.25, -0.2) is 4.52 Å². The Kier molecular flexibility index (Phi) is 8.71. The van der Waals surface area contributed by atoms with E-state index in [9.17, 15) is 10.2 Å². The minimum Gasteiger partial charge on any atom is -0.493 e. The van der Waals surface area contributed by atoms with Crippen molar-refractivity contribution in [2.24, 2.45) is 14.1 Å². The SMILES string of the molecule is Cn1nc2cc1CSc1cc3c(c(c1)OCCCc1c(C(O)O)n(C)c4c(c(Cl)ccc14)-c1c(nn4ccccc14)CSC2)CCCC3. The van der Waals surface area contributed by atoms with Crippen molar-refractivity contribution in [1.29, 1.82) is 0 Å². The second-order valence-electron chi connectivity index (χ2n) is 12.7. The molecule has 0 fully saturated rings. The Balaban J connectivity index is 1.26. The molecule has 2 aromatic carbocycles. The molecular weight excluding hydrogens is 662 g/mol. The van der Waals surface area contributed by atoms with Crippen molar-refractivity contribution in [2.75, 3.05) is 6.61 Å². The summed E-state index contributed by atoms with van der Waals surface area (Å²) in [6.07, 6.45) is 6.17. The Hall–Kier alpha value is -3.41. The Morgan fingerprint density at radius 2 is 1.75 bits per heavy atom. The van der Waals surface area contributed by atoms with Crippen LogP contribution >= 0.6 is 35.1 Å². The number of pyridine rings is 1. The van der Waals surface area contributed by atoms with Gasteiger partial charge in [0, 0.05) is 64.7 Å². The fraction of sp³-hybridized carbons (Fsp3) is 0.351. The van der Waals surface area contributed by atoms with Crippen molar-refractivity contribution in [3.63, 3.8) is 0 Å². The van der Waals surface area contributed by atoms with Crippen molar-refractivity contribution in [2.45, 2.75) is 67.0 Å². The number of rotatable bonds is 1. The zero-order valence-corrected chi connectivity index (χ0v) is 29.5. The number of benzene rings is 2. The number of halogens is 1. The summed E-state index contributed by atoms with van der Waals surface area (Å²) in [7, 11) is 3.92. The molecule has 248 valence electrons. The first kappa shape index (κ1) is 31.8. The number of hydrogen-bond donors (Lipinski definition) is 2. The van der Waals surface area contributed by atoms with Crippen LogP contribution in [-0.2, 0) is 50.6 Å². The standard InChI is InChI=1S/C37H38ClN5O3S2/c1-41-35-28-12-13-29(38)33(35)34-30(40-43-14-6-5-11-31(34)43)21-47-19-23-17-24(42(2)39-23)20-48-25-16-22-8-3-4-9-26(22)32(18-25)46-15-7-10-27(28)36(41)37(44)45/h5-6,11-14,16-18,37,44-45H,3-4,7-10,15,19-21H2,1-2H3. The monoisotopic (exact) mass is 699 g/mol. The molecular formula is C37H38ClN5O3S2. The molecule has 2 aliphatic rings. The molecule has 0 saturated heterocycles. The van der Waals surface area contributed by atoms with Gasteiger partial charge in [-0.3, -0.25) is 4.68 Å². The van der Waals surface area contributed by atoms with Crippen LogP contribution in [0.1, 0.15) is 65.0 Å². The van der Waals surface area contributed by atoms with Crippen LogP contribution in [0.4, 0.5) is 0 Å². The summed E-state index contributed by atoms with van der Waals surface area (Å²) in [6, 6.07) is 16.8. The van der Waals surface area contributed by atoms with Crippen LogP contribution in [0.2, 0.25) is 5.02 Å². The Bertz CT molecular complexity index is 2170. The van der Waals surface area contributed by atoms with E-state index in [-0.39, 0.29) is 0 Å². The van der Waals surface area contributed by atoms with Gasteiger partial charge in [-0.2, -0.15) is 10.2 Å². The number of fused-ring (bicyclic) bond motifs is 10. The van der Waals surface area contributed by atoms with Crippen LogP contribution in [0.3, 0.4) is 0 Å². The van der Waals surface area contributed by atoms with E-state index in [2.05, 4.69) is 24.3 Å². The van der Waals surface area contributed by atoms with Gasteiger partial charge in [0.25, 0.3) is 0 Å². The van der Waals surface area contributed by atoms with Crippen molar-refractivity contribution in [3.05, 3.63) is 99.2 Å². The Morgan fingerprint density at radius 3 is 2.62 bits per heavy atom. The maximum Gasteiger partial charge on any atom is 0.194 e. The first-order chi connectivity index (χ1) is 23.4. The molecule has 11 heteroatoms. The molecule has 2 N–H and O–H groups in total. The molecule has 1 aliphatic carbocycles. The molecule has 0 spiro atoms. The molecule has 48 heavy (non-hydrogen) atoms. The summed E-state index contributed by atoms with van der Waals surface area (Å²) in [5.74, 6) is 3.22. The highest BCUT2D eigenvalue weighted by Gasteiger charge is 2.27. The summed E-state index contributed by atoms with van der Waals surface area (Å²) in [5, 5.41) is 32.8. The maximum absolute atomic E-state index is 10.7. The summed E-state index contributed by atoms with van der Waals surface area (Å²) in [6.45, 7) is 0.527. The van der Waals surface area contributed by atoms with E-state index in [0.29, 0.717) is 29.5 Å². The second-order valence-corrected chi connectivity index (χ2v) is 15.2. The molecule has 8 bridgehead atoms. The van der Waals surface area contributed by atoms with E-state index in [1.165, 1.54) is 34.6 Å². The molecule has 5 heterocycles. The van der Waals surface area contributed by atoms with Gasteiger partial charge in [-0.15, -0.1) is 23.5 Å². The predicted octanol–water partition coefficient (Wildman–Crippen LogP) is 7.79. The number of nitrogens with zero attached hydrogens (tertiary/aromatic N) is 5. The number of aromatic nitrogens is 5. The topological polar surface area (TPSA) is 89.7 Å². The van der Waals surface area contributed by atoms with E-state index >= 15 is 0 Å². The van der Waals surface area contributed by atoms with Gasteiger partial charge in [0.1, 0.15) is 5.75 Å². The zero-order valence-electron chi connectivity index (χ0n) is 27.1. The minimum atomic E-state index is -1.64. The molecule has 8 rings (SSSR count). The van der Waals surface area contributed by atoms with Gasteiger partial charge in [0.05, 0.1) is 39.7 Å². The average molecular weight is 700 g/mol. The van der Waals surface area contributed by atoms with Crippen molar-refractivity contribution in [3.8, 4) is 16.9 Å². The highest BCUT2D eigenvalue weighted by atomic mass is 35.5. The molecule has 0 amide bonds. The third-order valence-electron chi connectivity index (χ3n) is 9.69. The van der Waals surface area contributed by atoms with Gasteiger partial charge in [-0.1, -0.05) is 23.7 Å². The van der Waals surface area contributed by atoms with Crippen LogP contribution in [0.25, 0.3) is 27.5 Å². The maximum atomic E-state index is 10.7. The van der Waals surface area contributed by atoms with Gasteiger partial charge >= 0.3 is 0 Å². The lowest BCUT2D eigenvalue weighted by atomic mass is 9.91. The number of aliphatic hydroxyl groups is 2. The summed E-state index contributed by atoms with van der Waals surface area (Å²) >= 11 is 10.7. The number of hydrogen-bond acceptors (Lipinski definition) is 7. The van der Waals surface area contributed by atoms with E-state index in [0.717, 1.165) is 81.0 Å². The third-order valence-corrected chi connectivity index (χ3v) is 12.0. The molecule has 4 aromatic heterocycles. The normalized spacial score (nSPS) is 15.8. The molecule has 0 saturated carbocycles. The average Bonchev–Trinajstić information content (AvgIpc) is 3.72. The van der Waals surface area contributed by atoms with Crippen molar-refractivity contribution >= 4 is 51.5 Å². The zero-order chi connectivity index (χ0) is 32.9. The number of ether oxygens (including phenoxy) is 1. The fourth-order valence-corrected chi connectivity index (χ4v) is 9.59. The van der Waals surface area contributed by atoms with Crippen LogP contribution in [0.15, 0.2) is 59.6 Å². The molecule has 0 atom stereocenters. The van der Waals surface area contributed by atoms with Crippen molar-refractivity contribution in [1.82, 2.24) is 24.0 Å². The Morgan fingerprint density at radius 1 is 0.896 bits per heavy atom. The number of aliphatic hydroxyl groups excluding tert-OH is 1. The minimum absolute atomic E-state index is 0.477. The van der Waals surface area contributed by atoms with Crippen LogP contribution in [-0.4, -0.2) is 40.8 Å². The molecule has 0 unspecified atom stereocenters. The van der Waals surface area contributed by atoms with E-state index < -0.39 is 6.29 Å². The quantitative estimate of drug-likeness (QED) is 0.169. The van der Waals surface area contributed by atoms with Crippen molar-refractivity contribution < 1.29 is 14.9 Å². The van der Waals surface area contributed by atoms with Crippen LogP contribution < -0.4 is 4.74 Å². The molecule has 0 radical (unpaired) electrons. The third kappa shape index (κ3) is 5.71. The number of thioether (sulfide) groups is 2. The second kappa shape index (κ2) is 13.1. The number of aryl methyl sites for hydroxylation is 4. The smallest absolute Gasteiger partial charge is 0.194 e. The summed E-state index contributed by atoms with van der Waals surface area (Å²) in [4.78, 5) is 1.22. The highest BCUT2D eigenvalue weighted by molar-refractivity contribution is 7.98. The van der Waals surface area contributed by atoms with E-state index in [1.807, 2.05) is 70.1 Å². The van der Waals surface area contributed by atoms with Gasteiger partial charge < -0.3 is 19.5 Å². The first-order valence-electron chi connectivity index (χ1n) is 16.5. The van der Waals surface area contributed by atoms with Gasteiger partial charge in [0.2, 0.25) is 0 Å². The largest absolute Gasteiger partial charge is 0.493 e. The highest BCUT2D eigenvalue weighted by Crippen LogP contribution is 2.44. The summed E-state index contributed by atoms with van der Waals surface area (Å²) < 4.78 is 12.4.